The Hall–Kier alpha value is -2.20. The van der Waals surface area contributed by atoms with Gasteiger partial charge in [0.1, 0.15) is 12.1 Å². The van der Waals surface area contributed by atoms with Gasteiger partial charge in [-0.05, 0) is 0 Å². The zero-order valence-electron chi connectivity index (χ0n) is 9.94. The van der Waals surface area contributed by atoms with Gasteiger partial charge in [0.15, 0.2) is 5.92 Å². The third kappa shape index (κ3) is 3.39. The highest BCUT2D eigenvalue weighted by molar-refractivity contribution is 5.29. The molecule has 0 radical (unpaired) electrons. The number of nitrogens with zero attached hydrogens (tertiary/aromatic N) is 4. The quantitative estimate of drug-likeness (QED) is 0.495. The molecule has 0 aromatic carbocycles. The third-order valence-electron chi connectivity index (χ3n) is 2.61. The predicted octanol–water partition coefficient (Wildman–Crippen LogP) is -1.58. The molecule has 0 aromatic rings. The highest BCUT2D eigenvalue weighted by Crippen LogP contribution is 2.25. The van der Waals surface area contributed by atoms with Gasteiger partial charge >= 0.3 is 0 Å². The molecule has 0 spiro atoms. The molecule has 0 rings (SSSR count). The van der Waals surface area contributed by atoms with E-state index in [9.17, 15) is 0 Å². The first-order valence-electron chi connectivity index (χ1n) is 5.12. The Morgan fingerprint density at radius 1 is 0.895 bits per heavy atom. The monoisotopic (exact) mass is 264 g/mol. The normalized spacial score (nSPS) is 11.2. The molecular formula is C11H12N4O4. The fourth-order valence-corrected chi connectivity index (χ4v) is 1.07. The van der Waals surface area contributed by atoms with Crippen molar-refractivity contribution in [2.75, 3.05) is 26.4 Å². The molecule has 0 atom stereocenters. The van der Waals surface area contributed by atoms with E-state index in [1.807, 2.05) is 0 Å². The summed E-state index contributed by atoms with van der Waals surface area (Å²) in [6.45, 7) is -2.53. The second-order valence-electron chi connectivity index (χ2n) is 3.91. The minimum atomic E-state index is -2.34. The van der Waals surface area contributed by atoms with Gasteiger partial charge in [-0.15, -0.1) is 0 Å². The van der Waals surface area contributed by atoms with Crippen molar-refractivity contribution in [1.82, 2.24) is 0 Å². The summed E-state index contributed by atoms with van der Waals surface area (Å²) in [4.78, 5) is 0. The van der Waals surface area contributed by atoms with Crippen LogP contribution < -0.4 is 0 Å². The summed E-state index contributed by atoms with van der Waals surface area (Å²) in [7, 11) is 0. The molecule has 0 saturated carbocycles. The van der Waals surface area contributed by atoms with Crippen molar-refractivity contribution < 1.29 is 20.1 Å². The first kappa shape index (κ1) is 16.8. The highest BCUT2D eigenvalue weighted by atomic mass is 16.5. The highest BCUT2D eigenvalue weighted by Gasteiger charge is 2.44. The number of rotatable bonds is 7. The fourth-order valence-electron chi connectivity index (χ4n) is 1.07. The van der Waals surface area contributed by atoms with E-state index in [4.69, 9.17) is 41.1 Å². The van der Waals surface area contributed by atoms with Crippen molar-refractivity contribution in [3.8, 4) is 24.3 Å². The fraction of sp³-hybridized carbons (Fsp3) is 0.636. The van der Waals surface area contributed by atoms with Crippen molar-refractivity contribution >= 4 is 0 Å². The summed E-state index contributed by atoms with van der Waals surface area (Å²) >= 11 is 0. The largest absolute Gasteiger partial charge is 0.396 e. The zero-order chi connectivity index (χ0) is 14.9. The van der Waals surface area contributed by atoms with E-state index >= 15 is 0 Å². The van der Waals surface area contributed by atoms with Crippen LogP contribution in [0.5, 0.6) is 0 Å². The molecule has 3 N–H and O–H groups in total. The van der Waals surface area contributed by atoms with E-state index in [0.29, 0.717) is 0 Å². The predicted molar refractivity (Wildman–Crippen MR) is 58.3 cm³/mol. The molecule has 0 aromatic heterocycles. The molecule has 0 amide bonds. The Balaban J connectivity index is 5.22. The van der Waals surface area contributed by atoms with Gasteiger partial charge in [-0.3, -0.25) is 0 Å². The lowest BCUT2D eigenvalue weighted by atomic mass is 9.89. The number of aliphatic hydroxyl groups is 3. The number of hydrogen-bond donors (Lipinski definition) is 3. The van der Waals surface area contributed by atoms with Crippen LogP contribution in [0.15, 0.2) is 0 Å². The minimum absolute atomic E-state index is 0.558. The van der Waals surface area contributed by atoms with Gasteiger partial charge in [-0.2, -0.15) is 21.0 Å². The van der Waals surface area contributed by atoms with E-state index in [-0.39, 0.29) is 0 Å². The van der Waals surface area contributed by atoms with Gasteiger partial charge in [-0.1, -0.05) is 0 Å². The standard InChI is InChI=1S/C11H12N4O4/c12-1-9(2-13)11(3-14,4-15)19-8-10(5-16,6-17)7-18/h9,16-18H,5-8H2. The molecule has 100 valence electrons. The number of ether oxygens (including phenoxy) is 1. The molecule has 0 aliphatic heterocycles. The van der Waals surface area contributed by atoms with E-state index in [1.54, 1.807) is 0 Å². The molecule has 0 saturated heterocycles. The van der Waals surface area contributed by atoms with Crippen LogP contribution >= 0.6 is 0 Å². The van der Waals surface area contributed by atoms with Crippen LogP contribution in [0.1, 0.15) is 0 Å². The SMILES string of the molecule is N#CC(C#N)C(C#N)(C#N)OCC(CO)(CO)CO. The van der Waals surface area contributed by atoms with E-state index < -0.39 is 43.4 Å². The first-order chi connectivity index (χ1) is 9.03. The van der Waals surface area contributed by atoms with E-state index in [1.165, 1.54) is 24.3 Å². The molecule has 0 bridgehead atoms. The van der Waals surface area contributed by atoms with Gasteiger partial charge < -0.3 is 20.1 Å². The number of hydrogen-bond acceptors (Lipinski definition) is 8. The Labute approximate surface area is 109 Å². The Morgan fingerprint density at radius 3 is 1.58 bits per heavy atom. The maximum absolute atomic E-state index is 9.08. The van der Waals surface area contributed by atoms with Crippen LogP contribution in [-0.4, -0.2) is 47.3 Å². The number of nitriles is 4. The molecule has 0 unspecified atom stereocenters. The van der Waals surface area contributed by atoms with Gasteiger partial charge in [0.25, 0.3) is 5.60 Å². The van der Waals surface area contributed by atoms with Gasteiger partial charge in [0.05, 0.1) is 44.0 Å². The summed E-state index contributed by atoms with van der Waals surface area (Å²) in [5.41, 5.74) is -3.80. The molecule has 8 nitrogen and oxygen atoms in total. The molecule has 0 aliphatic carbocycles. The van der Waals surface area contributed by atoms with E-state index in [2.05, 4.69) is 0 Å². The lowest BCUT2D eigenvalue weighted by Gasteiger charge is -2.30. The molecular weight excluding hydrogens is 252 g/mol. The minimum Gasteiger partial charge on any atom is -0.396 e. The summed E-state index contributed by atoms with van der Waals surface area (Å²) in [6.07, 6.45) is 0. The van der Waals surface area contributed by atoms with Crippen molar-refractivity contribution in [2.24, 2.45) is 11.3 Å². The third-order valence-corrected chi connectivity index (χ3v) is 2.61. The Morgan fingerprint density at radius 2 is 1.32 bits per heavy atom. The van der Waals surface area contributed by atoms with Crippen LogP contribution in [0, 0.1) is 56.7 Å². The summed E-state index contributed by atoms with van der Waals surface area (Å²) in [5, 5.41) is 62.5. The van der Waals surface area contributed by atoms with Crippen molar-refractivity contribution in [2.45, 2.75) is 5.60 Å². The van der Waals surface area contributed by atoms with Crippen LogP contribution in [-0.2, 0) is 4.74 Å². The first-order valence-corrected chi connectivity index (χ1v) is 5.12. The Bertz CT molecular complexity index is 425. The van der Waals surface area contributed by atoms with E-state index in [0.717, 1.165) is 0 Å². The smallest absolute Gasteiger partial charge is 0.270 e. The number of aliphatic hydroxyl groups excluding tert-OH is 3. The lowest BCUT2D eigenvalue weighted by molar-refractivity contribution is -0.0903. The Kier molecular flexibility index (Phi) is 6.44. The molecule has 0 heterocycles. The molecule has 0 aliphatic rings. The van der Waals surface area contributed by atoms with Crippen molar-refractivity contribution in [1.29, 1.82) is 21.0 Å². The maximum Gasteiger partial charge on any atom is 0.270 e. The van der Waals surface area contributed by atoms with Gasteiger partial charge in [0.2, 0.25) is 0 Å². The van der Waals surface area contributed by atoms with Crippen LogP contribution in [0.4, 0.5) is 0 Å². The maximum atomic E-state index is 9.08. The van der Waals surface area contributed by atoms with Gasteiger partial charge in [0, 0.05) is 0 Å². The second-order valence-corrected chi connectivity index (χ2v) is 3.91. The lowest BCUT2D eigenvalue weighted by Crippen LogP contribution is -2.45. The molecule has 0 fully saturated rings. The van der Waals surface area contributed by atoms with Crippen LogP contribution in [0.3, 0.4) is 0 Å². The summed E-state index contributed by atoms with van der Waals surface area (Å²) < 4.78 is 4.96. The van der Waals surface area contributed by atoms with Crippen molar-refractivity contribution in [3.63, 3.8) is 0 Å². The zero-order valence-corrected chi connectivity index (χ0v) is 9.94. The van der Waals surface area contributed by atoms with Crippen molar-refractivity contribution in [3.05, 3.63) is 0 Å². The molecule has 19 heavy (non-hydrogen) atoms. The summed E-state index contributed by atoms with van der Waals surface area (Å²) in [5.74, 6) is -1.66. The van der Waals surface area contributed by atoms with Crippen LogP contribution in [0.2, 0.25) is 0 Å². The average molecular weight is 264 g/mol. The second kappa shape index (κ2) is 7.28. The average Bonchev–Trinajstić information content (AvgIpc) is 2.48. The summed E-state index contributed by atoms with van der Waals surface area (Å²) in [6, 6.07) is 5.81. The topological polar surface area (TPSA) is 165 Å². The van der Waals surface area contributed by atoms with Crippen LogP contribution in [0.25, 0.3) is 0 Å². The molecule has 8 heteroatoms. The van der Waals surface area contributed by atoms with Gasteiger partial charge in [-0.25, -0.2) is 0 Å².